The summed E-state index contributed by atoms with van der Waals surface area (Å²) in [4.78, 5) is -0.934. The fraction of sp³-hybridized carbons (Fsp3) is 0.250. The Kier molecular flexibility index (Phi) is 3.70. The number of rotatable bonds is 3. The van der Waals surface area contributed by atoms with Crippen LogP contribution >= 0.6 is 0 Å². The molecule has 114 valence electrons. The summed E-state index contributed by atoms with van der Waals surface area (Å²) in [6, 6.07) is 4.99. The van der Waals surface area contributed by atoms with Crippen LogP contribution in [-0.4, -0.2) is 18.6 Å². The van der Waals surface area contributed by atoms with Gasteiger partial charge in [0, 0.05) is 0 Å². The Morgan fingerprint density at radius 3 is 2.52 bits per heavy atom. The zero-order valence-electron chi connectivity index (χ0n) is 11.1. The average Bonchev–Trinajstić information content (AvgIpc) is 2.83. The van der Waals surface area contributed by atoms with Crippen LogP contribution in [0.1, 0.15) is 16.8 Å². The summed E-state index contributed by atoms with van der Waals surface area (Å²) >= 11 is 0. The lowest BCUT2D eigenvalue weighted by Crippen LogP contribution is -2.18. The van der Waals surface area contributed by atoms with Crippen LogP contribution in [0.5, 0.6) is 0 Å². The third kappa shape index (κ3) is 3.18. The van der Waals surface area contributed by atoms with Gasteiger partial charge in [0.25, 0.3) is 10.0 Å². The van der Waals surface area contributed by atoms with Crippen molar-refractivity contribution in [3.63, 3.8) is 0 Å². The van der Waals surface area contributed by atoms with E-state index in [0.717, 1.165) is 5.56 Å². The third-order valence-corrected chi connectivity index (χ3v) is 4.19. The van der Waals surface area contributed by atoms with E-state index in [0.29, 0.717) is 11.8 Å². The van der Waals surface area contributed by atoms with Gasteiger partial charge in [-0.2, -0.15) is 18.3 Å². The van der Waals surface area contributed by atoms with Crippen LogP contribution in [0.4, 0.5) is 18.9 Å². The van der Waals surface area contributed by atoms with E-state index in [4.69, 9.17) is 0 Å². The number of H-pyrrole nitrogens is 1. The van der Waals surface area contributed by atoms with E-state index in [2.05, 4.69) is 9.82 Å². The molecule has 1 heterocycles. The zero-order chi connectivity index (χ0) is 15.8. The molecule has 1 aromatic heterocycles. The highest BCUT2D eigenvalue weighted by atomic mass is 32.2. The average molecular weight is 319 g/mol. The van der Waals surface area contributed by atoms with E-state index in [-0.39, 0.29) is 5.69 Å². The maximum absolute atomic E-state index is 12.7. The molecular weight excluding hydrogens is 307 g/mol. The Morgan fingerprint density at radius 2 is 1.90 bits per heavy atom. The maximum Gasteiger partial charge on any atom is 0.434 e. The van der Waals surface area contributed by atoms with Crippen molar-refractivity contribution in [1.82, 2.24) is 10.2 Å². The number of hydrogen-bond donors (Lipinski definition) is 2. The number of alkyl halides is 3. The number of sulfonamides is 1. The second-order valence-corrected chi connectivity index (χ2v) is 6.18. The first kappa shape index (κ1) is 15.4. The minimum atomic E-state index is -4.83. The number of benzene rings is 1. The molecule has 2 N–H and O–H groups in total. The van der Waals surface area contributed by atoms with Gasteiger partial charge >= 0.3 is 6.18 Å². The van der Waals surface area contributed by atoms with Crippen LogP contribution in [0.25, 0.3) is 0 Å². The van der Waals surface area contributed by atoms with Crippen molar-refractivity contribution in [2.24, 2.45) is 0 Å². The largest absolute Gasteiger partial charge is 0.434 e. The number of hydrogen-bond acceptors (Lipinski definition) is 3. The molecule has 0 amide bonds. The molecule has 0 bridgehead atoms. The molecule has 1 aromatic carbocycles. The summed E-state index contributed by atoms with van der Waals surface area (Å²) < 4.78 is 64.6. The molecule has 21 heavy (non-hydrogen) atoms. The fourth-order valence-corrected chi connectivity index (χ4v) is 2.97. The van der Waals surface area contributed by atoms with E-state index in [1.54, 1.807) is 37.1 Å². The van der Waals surface area contributed by atoms with Crippen molar-refractivity contribution in [2.75, 3.05) is 4.72 Å². The molecule has 2 rings (SSSR count). The van der Waals surface area contributed by atoms with Crippen molar-refractivity contribution in [3.05, 3.63) is 41.2 Å². The predicted octanol–water partition coefficient (Wildman–Crippen LogP) is 2.85. The molecule has 0 fully saturated rings. The van der Waals surface area contributed by atoms with E-state index in [9.17, 15) is 21.6 Å². The summed E-state index contributed by atoms with van der Waals surface area (Å²) in [5, 5.41) is 4.84. The van der Waals surface area contributed by atoms with Gasteiger partial charge in [0.05, 0.1) is 11.9 Å². The molecule has 0 aliphatic heterocycles. The molecule has 5 nitrogen and oxygen atoms in total. The fourth-order valence-electron chi connectivity index (χ4n) is 1.73. The Bertz CT molecular complexity index is 766. The standard InChI is InChI=1S/C12H12F3N3O2S/c1-7-3-4-8(2)9(5-7)18-21(19,20)10-6-16-17-11(10)12(13,14)15/h3-6,18H,1-2H3,(H,16,17). The lowest BCUT2D eigenvalue weighted by Gasteiger charge is -2.12. The predicted molar refractivity (Wildman–Crippen MR) is 70.3 cm³/mol. The monoisotopic (exact) mass is 319 g/mol. The van der Waals surface area contributed by atoms with Crippen LogP contribution in [0.2, 0.25) is 0 Å². The van der Waals surface area contributed by atoms with Crippen LogP contribution < -0.4 is 4.72 Å². The van der Waals surface area contributed by atoms with Gasteiger partial charge in [-0.15, -0.1) is 0 Å². The molecular formula is C12H12F3N3O2S. The summed E-state index contributed by atoms with van der Waals surface area (Å²) in [5.74, 6) is 0. The van der Waals surface area contributed by atoms with Gasteiger partial charge in [-0.05, 0) is 31.0 Å². The van der Waals surface area contributed by atoms with Crippen LogP contribution in [-0.2, 0) is 16.2 Å². The summed E-state index contributed by atoms with van der Waals surface area (Å²) in [6.07, 6.45) is -4.20. The highest BCUT2D eigenvalue weighted by molar-refractivity contribution is 7.92. The highest BCUT2D eigenvalue weighted by Gasteiger charge is 2.39. The lowest BCUT2D eigenvalue weighted by atomic mass is 10.1. The molecule has 0 unspecified atom stereocenters. The molecule has 0 aliphatic carbocycles. The van der Waals surface area contributed by atoms with Crippen molar-refractivity contribution in [2.45, 2.75) is 24.9 Å². The van der Waals surface area contributed by atoms with Gasteiger partial charge in [0.2, 0.25) is 0 Å². The Hall–Kier alpha value is -2.03. The van der Waals surface area contributed by atoms with E-state index < -0.39 is 26.8 Å². The third-order valence-electron chi connectivity index (χ3n) is 2.81. The second kappa shape index (κ2) is 5.06. The molecule has 9 heteroatoms. The van der Waals surface area contributed by atoms with Crippen LogP contribution in [0.3, 0.4) is 0 Å². The topological polar surface area (TPSA) is 74.8 Å². The molecule has 0 radical (unpaired) electrons. The van der Waals surface area contributed by atoms with E-state index in [1.807, 2.05) is 0 Å². The second-order valence-electron chi connectivity index (χ2n) is 4.53. The molecule has 0 saturated carbocycles. The number of halogens is 3. The van der Waals surface area contributed by atoms with Gasteiger partial charge in [-0.25, -0.2) is 8.42 Å². The van der Waals surface area contributed by atoms with Crippen molar-refractivity contribution in [3.8, 4) is 0 Å². The molecule has 0 spiro atoms. The van der Waals surface area contributed by atoms with Crippen molar-refractivity contribution < 1.29 is 21.6 Å². The number of nitrogens with one attached hydrogen (secondary N) is 2. The summed E-state index contributed by atoms with van der Waals surface area (Å²) in [7, 11) is -4.39. The highest BCUT2D eigenvalue weighted by Crippen LogP contribution is 2.33. The molecule has 0 atom stereocenters. The van der Waals surface area contributed by atoms with Crippen LogP contribution in [0, 0.1) is 13.8 Å². The van der Waals surface area contributed by atoms with Gasteiger partial charge in [-0.1, -0.05) is 12.1 Å². The SMILES string of the molecule is Cc1ccc(C)c(NS(=O)(=O)c2cn[nH]c2C(F)(F)F)c1. The van der Waals surface area contributed by atoms with Gasteiger partial charge in [-0.3, -0.25) is 9.82 Å². The number of nitrogens with zero attached hydrogens (tertiary/aromatic N) is 1. The maximum atomic E-state index is 12.7. The first-order valence-corrected chi connectivity index (χ1v) is 7.30. The minimum absolute atomic E-state index is 0.226. The van der Waals surface area contributed by atoms with Crippen molar-refractivity contribution >= 4 is 15.7 Å². The Labute approximate surface area is 119 Å². The van der Waals surface area contributed by atoms with Gasteiger partial charge < -0.3 is 0 Å². The number of aromatic nitrogens is 2. The number of anilines is 1. The molecule has 0 saturated heterocycles. The summed E-state index contributed by atoms with van der Waals surface area (Å²) in [5.41, 5.74) is 0.201. The Balaban J connectivity index is 2.45. The molecule has 0 aliphatic rings. The molecule has 2 aromatic rings. The number of aromatic amines is 1. The zero-order valence-corrected chi connectivity index (χ0v) is 11.9. The van der Waals surface area contributed by atoms with Gasteiger partial charge in [0.15, 0.2) is 5.69 Å². The van der Waals surface area contributed by atoms with E-state index >= 15 is 0 Å². The summed E-state index contributed by atoms with van der Waals surface area (Å²) in [6.45, 7) is 3.40. The van der Waals surface area contributed by atoms with Crippen LogP contribution in [0.15, 0.2) is 29.3 Å². The van der Waals surface area contributed by atoms with Crippen molar-refractivity contribution in [1.29, 1.82) is 0 Å². The Morgan fingerprint density at radius 1 is 1.24 bits per heavy atom. The van der Waals surface area contributed by atoms with Gasteiger partial charge in [0.1, 0.15) is 4.90 Å². The lowest BCUT2D eigenvalue weighted by molar-refractivity contribution is -0.143. The van der Waals surface area contributed by atoms with E-state index in [1.165, 1.54) is 0 Å². The number of aryl methyl sites for hydroxylation is 2. The first-order chi connectivity index (χ1) is 9.61. The normalized spacial score (nSPS) is 12.4. The smallest absolute Gasteiger partial charge is 0.279 e. The minimum Gasteiger partial charge on any atom is -0.279 e. The first-order valence-electron chi connectivity index (χ1n) is 5.82. The quantitative estimate of drug-likeness (QED) is 0.913.